The molecule has 6 heteroatoms. The fourth-order valence-electron chi connectivity index (χ4n) is 3.26. The van der Waals surface area contributed by atoms with Gasteiger partial charge in [0.2, 0.25) is 0 Å². The largest absolute Gasteiger partial charge is 0.370 e. The quantitative estimate of drug-likeness (QED) is 0.745. The molecule has 0 radical (unpaired) electrons. The van der Waals surface area contributed by atoms with E-state index < -0.39 is 0 Å². The fraction of sp³-hybridized carbons (Fsp3) is 0.435. The van der Waals surface area contributed by atoms with Crippen LogP contribution in [0.4, 0.5) is 5.82 Å². The molecule has 1 aliphatic rings. The van der Waals surface area contributed by atoms with Crippen LogP contribution in [-0.2, 0) is 0 Å². The summed E-state index contributed by atoms with van der Waals surface area (Å²) >= 11 is 0. The van der Waals surface area contributed by atoms with E-state index in [1.807, 2.05) is 23.1 Å². The van der Waals surface area contributed by atoms with Gasteiger partial charge < -0.3 is 10.2 Å². The van der Waals surface area contributed by atoms with E-state index in [9.17, 15) is 4.79 Å². The average Bonchev–Trinajstić information content (AvgIpc) is 2.74. The molecule has 154 valence electrons. The highest BCUT2D eigenvalue weighted by Crippen LogP contribution is 2.11. The van der Waals surface area contributed by atoms with Gasteiger partial charge >= 0.3 is 0 Å². The molecule has 1 aromatic heterocycles. The van der Waals surface area contributed by atoms with Crippen LogP contribution in [0.5, 0.6) is 0 Å². The van der Waals surface area contributed by atoms with Gasteiger partial charge in [0, 0.05) is 45.3 Å². The van der Waals surface area contributed by atoms with Crippen molar-refractivity contribution in [2.45, 2.75) is 20.3 Å². The van der Waals surface area contributed by atoms with Crippen molar-refractivity contribution in [3.63, 3.8) is 0 Å². The number of hydrogen-bond donors (Lipinski definition) is 1. The van der Waals surface area contributed by atoms with E-state index in [-0.39, 0.29) is 5.91 Å². The Hall–Kier alpha value is -2.73. The Kier molecular flexibility index (Phi) is 7.76. The Bertz CT molecular complexity index is 798. The topological polar surface area (TPSA) is 61.4 Å². The van der Waals surface area contributed by atoms with Crippen LogP contribution in [0.1, 0.15) is 36.3 Å². The molecular weight excluding hydrogens is 362 g/mol. The minimum absolute atomic E-state index is 0.0150. The summed E-state index contributed by atoms with van der Waals surface area (Å²) in [6, 6.07) is 12.1. The van der Waals surface area contributed by atoms with Crippen LogP contribution in [0.15, 0.2) is 48.8 Å². The molecule has 1 saturated heterocycles. The lowest BCUT2D eigenvalue weighted by molar-refractivity contribution is 0.0644. The number of nitrogens with zero attached hydrogens (tertiary/aromatic N) is 4. The van der Waals surface area contributed by atoms with Gasteiger partial charge in [-0.2, -0.15) is 0 Å². The Morgan fingerprint density at radius 2 is 1.90 bits per heavy atom. The smallest absolute Gasteiger partial charge is 0.272 e. The van der Waals surface area contributed by atoms with Gasteiger partial charge in [0.25, 0.3) is 5.91 Å². The van der Waals surface area contributed by atoms with Gasteiger partial charge in [-0.1, -0.05) is 56.3 Å². The zero-order chi connectivity index (χ0) is 20.5. The van der Waals surface area contributed by atoms with Gasteiger partial charge in [0.05, 0.1) is 0 Å². The summed E-state index contributed by atoms with van der Waals surface area (Å²) in [5, 5.41) is 3.28. The first-order valence-corrected chi connectivity index (χ1v) is 10.4. The van der Waals surface area contributed by atoms with Gasteiger partial charge in [-0.25, -0.2) is 9.97 Å². The third-order valence-corrected chi connectivity index (χ3v) is 5.05. The van der Waals surface area contributed by atoms with Crippen LogP contribution in [0.2, 0.25) is 0 Å². The maximum absolute atomic E-state index is 12.8. The minimum Gasteiger partial charge on any atom is -0.370 e. The fourth-order valence-corrected chi connectivity index (χ4v) is 3.26. The van der Waals surface area contributed by atoms with Gasteiger partial charge in [0.1, 0.15) is 17.8 Å². The minimum atomic E-state index is -0.0150. The molecule has 0 spiro atoms. The summed E-state index contributed by atoms with van der Waals surface area (Å²) in [6.07, 6.45) is 6.86. The normalized spacial score (nSPS) is 15.2. The second-order valence-electron chi connectivity index (χ2n) is 7.80. The summed E-state index contributed by atoms with van der Waals surface area (Å²) in [7, 11) is 0. The number of piperazine rings is 1. The van der Waals surface area contributed by atoms with Crippen LogP contribution >= 0.6 is 0 Å². The van der Waals surface area contributed by atoms with E-state index >= 15 is 0 Å². The number of anilines is 1. The SMILES string of the molecule is CC(C)CCNc1cc(C(=O)N2CCN(C/C=C/c3ccccc3)CC2)ncn1. The lowest BCUT2D eigenvalue weighted by Gasteiger charge is -2.34. The number of carbonyl (C=O) groups is 1. The molecule has 0 unspecified atom stereocenters. The van der Waals surface area contributed by atoms with Crippen LogP contribution in [0, 0.1) is 5.92 Å². The predicted octanol–water partition coefficient (Wildman–Crippen LogP) is 3.41. The van der Waals surface area contributed by atoms with E-state index in [1.165, 1.54) is 11.9 Å². The third-order valence-electron chi connectivity index (χ3n) is 5.05. The Morgan fingerprint density at radius 1 is 1.14 bits per heavy atom. The lowest BCUT2D eigenvalue weighted by Crippen LogP contribution is -2.48. The van der Waals surface area contributed by atoms with Crippen molar-refractivity contribution in [3.8, 4) is 0 Å². The van der Waals surface area contributed by atoms with E-state index in [0.717, 1.165) is 45.7 Å². The van der Waals surface area contributed by atoms with E-state index in [0.29, 0.717) is 17.4 Å². The Morgan fingerprint density at radius 3 is 2.62 bits per heavy atom. The molecule has 2 heterocycles. The van der Waals surface area contributed by atoms with Crippen LogP contribution in [0.3, 0.4) is 0 Å². The molecule has 6 nitrogen and oxygen atoms in total. The molecule has 2 aromatic rings. The molecule has 1 amide bonds. The molecule has 1 N–H and O–H groups in total. The molecule has 0 atom stereocenters. The van der Waals surface area contributed by atoms with Gasteiger partial charge in [-0.3, -0.25) is 9.69 Å². The highest BCUT2D eigenvalue weighted by molar-refractivity contribution is 5.93. The predicted molar refractivity (Wildman–Crippen MR) is 118 cm³/mol. The van der Waals surface area contributed by atoms with E-state index in [1.54, 1.807) is 6.07 Å². The molecule has 0 saturated carbocycles. The van der Waals surface area contributed by atoms with Crippen molar-refractivity contribution >= 4 is 17.8 Å². The molecule has 1 aliphatic heterocycles. The number of aromatic nitrogens is 2. The van der Waals surface area contributed by atoms with Crippen LogP contribution in [-0.4, -0.2) is 64.9 Å². The average molecular weight is 394 g/mol. The first kappa shape index (κ1) is 21.0. The highest BCUT2D eigenvalue weighted by atomic mass is 16.2. The number of hydrogen-bond acceptors (Lipinski definition) is 5. The monoisotopic (exact) mass is 393 g/mol. The highest BCUT2D eigenvalue weighted by Gasteiger charge is 2.22. The maximum Gasteiger partial charge on any atom is 0.272 e. The molecule has 0 bridgehead atoms. The molecule has 1 fully saturated rings. The van der Waals surface area contributed by atoms with Gasteiger partial charge in [0.15, 0.2) is 0 Å². The summed E-state index contributed by atoms with van der Waals surface area (Å²) < 4.78 is 0. The first-order valence-electron chi connectivity index (χ1n) is 10.4. The van der Waals surface area contributed by atoms with Crippen molar-refractivity contribution in [3.05, 3.63) is 60.1 Å². The second kappa shape index (κ2) is 10.7. The third kappa shape index (κ3) is 6.68. The maximum atomic E-state index is 12.8. The Balaban J connectivity index is 1.46. The van der Waals surface area contributed by atoms with Crippen molar-refractivity contribution < 1.29 is 4.79 Å². The number of amides is 1. The number of nitrogens with one attached hydrogen (secondary N) is 1. The molecule has 1 aromatic carbocycles. The Labute approximate surface area is 173 Å². The van der Waals surface area contributed by atoms with Crippen molar-refractivity contribution in [2.75, 3.05) is 44.6 Å². The molecule has 3 rings (SSSR count). The van der Waals surface area contributed by atoms with Crippen LogP contribution in [0.25, 0.3) is 6.08 Å². The molecule has 29 heavy (non-hydrogen) atoms. The summed E-state index contributed by atoms with van der Waals surface area (Å²) in [4.78, 5) is 25.5. The number of rotatable bonds is 8. The second-order valence-corrected chi connectivity index (χ2v) is 7.80. The van der Waals surface area contributed by atoms with Crippen molar-refractivity contribution in [2.24, 2.45) is 5.92 Å². The molecular formula is C23H31N5O. The summed E-state index contributed by atoms with van der Waals surface area (Å²) in [5.74, 6) is 1.33. The number of carbonyl (C=O) groups excluding carboxylic acids is 1. The summed E-state index contributed by atoms with van der Waals surface area (Å²) in [6.45, 7) is 9.30. The van der Waals surface area contributed by atoms with Crippen LogP contribution < -0.4 is 5.32 Å². The van der Waals surface area contributed by atoms with E-state index in [2.05, 4.69) is 58.3 Å². The lowest BCUT2D eigenvalue weighted by atomic mass is 10.1. The van der Waals surface area contributed by atoms with Gasteiger partial charge in [-0.05, 0) is 17.9 Å². The summed E-state index contributed by atoms with van der Waals surface area (Å²) in [5.41, 5.74) is 1.67. The number of benzene rings is 1. The zero-order valence-electron chi connectivity index (χ0n) is 17.4. The molecule has 0 aliphatic carbocycles. The van der Waals surface area contributed by atoms with E-state index in [4.69, 9.17) is 0 Å². The van der Waals surface area contributed by atoms with Crippen molar-refractivity contribution in [1.82, 2.24) is 19.8 Å². The van der Waals surface area contributed by atoms with Gasteiger partial charge in [-0.15, -0.1) is 0 Å². The van der Waals surface area contributed by atoms with Crippen molar-refractivity contribution in [1.29, 1.82) is 0 Å². The first-order chi connectivity index (χ1) is 14.1. The standard InChI is InChI=1S/C23H31N5O/c1-19(2)10-11-24-22-17-21(25-18-26-22)23(29)28-15-13-27(14-16-28)12-6-9-20-7-4-3-5-8-20/h3-9,17-19H,10-16H2,1-2H3,(H,24,25,26)/b9-6+. The zero-order valence-corrected chi connectivity index (χ0v) is 17.4.